The predicted molar refractivity (Wildman–Crippen MR) is 71.2 cm³/mol. The van der Waals surface area contributed by atoms with Crippen molar-refractivity contribution in [3.8, 4) is 5.75 Å². The van der Waals surface area contributed by atoms with Crippen molar-refractivity contribution in [2.45, 2.75) is 32.7 Å². The molecule has 17 heavy (non-hydrogen) atoms. The van der Waals surface area contributed by atoms with Gasteiger partial charge < -0.3 is 10.5 Å². The van der Waals surface area contributed by atoms with E-state index in [1.807, 2.05) is 0 Å². The smallest absolute Gasteiger partial charge is 0.169 e. The Morgan fingerprint density at radius 2 is 1.94 bits per heavy atom. The Morgan fingerprint density at radius 1 is 1.29 bits per heavy atom. The van der Waals surface area contributed by atoms with Gasteiger partial charge in [0.2, 0.25) is 0 Å². The number of hydrogen-bond acceptors (Lipinski definition) is 2. The van der Waals surface area contributed by atoms with E-state index in [0.717, 1.165) is 12.8 Å². The first-order chi connectivity index (χ1) is 7.56. The van der Waals surface area contributed by atoms with Crippen LogP contribution in [-0.4, -0.2) is 7.11 Å². The number of methoxy groups -OCH3 is 1. The van der Waals surface area contributed by atoms with Crippen molar-refractivity contribution in [3.63, 3.8) is 0 Å². The molecule has 1 aromatic carbocycles. The van der Waals surface area contributed by atoms with Crippen molar-refractivity contribution in [1.82, 2.24) is 0 Å². The molecular weight excluding hydrogens is 241 g/mol. The summed E-state index contributed by atoms with van der Waals surface area (Å²) >= 11 is 0. The lowest BCUT2D eigenvalue weighted by Gasteiger charge is -2.15. The van der Waals surface area contributed by atoms with Crippen LogP contribution in [-0.2, 0) is 0 Å². The molecule has 0 fully saturated rings. The van der Waals surface area contributed by atoms with E-state index in [4.69, 9.17) is 10.5 Å². The van der Waals surface area contributed by atoms with E-state index in [2.05, 4.69) is 13.8 Å². The van der Waals surface area contributed by atoms with Crippen molar-refractivity contribution < 1.29 is 9.13 Å². The molecule has 1 aromatic rings. The van der Waals surface area contributed by atoms with E-state index < -0.39 is 0 Å². The van der Waals surface area contributed by atoms with Gasteiger partial charge in [0.15, 0.2) is 11.6 Å². The van der Waals surface area contributed by atoms with Crippen LogP contribution < -0.4 is 10.5 Å². The van der Waals surface area contributed by atoms with Crippen LogP contribution in [0.4, 0.5) is 4.39 Å². The normalized spacial score (nSPS) is 12.1. The van der Waals surface area contributed by atoms with Gasteiger partial charge in [-0.1, -0.05) is 26.0 Å². The largest absolute Gasteiger partial charge is 0.494 e. The third-order valence-corrected chi connectivity index (χ3v) is 2.67. The van der Waals surface area contributed by atoms with E-state index in [1.54, 1.807) is 18.2 Å². The molecule has 98 valence electrons. The Morgan fingerprint density at radius 3 is 2.47 bits per heavy atom. The lowest BCUT2D eigenvalue weighted by molar-refractivity contribution is 0.380. The molecule has 0 aliphatic rings. The zero-order valence-corrected chi connectivity index (χ0v) is 11.4. The number of halogens is 2. The maximum absolute atomic E-state index is 13.8. The van der Waals surface area contributed by atoms with Crippen LogP contribution in [0, 0.1) is 11.7 Å². The molecular formula is C13H21ClFNO. The molecule has 2 nitrogen and oxygen atoms in total. The number of hydrogen-bond donors (Lipinski definition) is 1. The summed E-state index contributed by atoms with van der Waals surface area (Å²) in [5.74, 6) is 0.512. The molecule has 0 heterocycles. The number of benzene rings is 1. The molecule has 1 rings (SSSR count). The monoisotopic (exact) mass is 261 g/mol. The van der Waals surface area contributed by atoms with Crippen molar-refractivity contribution in [3.05, 3.63) is 29.6 Å². The summed E-state index contributed by atoms with van der Waals surface area (Å²) in [5.41, 5.74) is 6.51. The van der Waals surface area contributed by atoms with Gasteiger partial charge in [-0.15, -0.1) is 12.4 Å². The zero-order chi connectivity index (χ0) is 12.1. The molecule has 0 radical (unpaired) electrons. The molecule has 4 heteroatoms. The molecule has 0 saturated carbocycles. The number of ether oxygens (including phenoxy) is 1. The summed E-state index contributed by atoms with van der Waals surface area (Å²) in [6.45, 7) is 4.27. The van der Waals surface area contributed by atoms with E-state index in [0.29, 0.717) is 11.5 Å². The fraction of sp³-hybridized carbons (Fsp3) is 0.538. The predicted octanol–water partition coefficient (Wildman–Crippen LogP) is 3.69. The standard InChI is InChI=1S/C13H20FNO.ClH/c1-9(2)7-8-11(15)10-5-4-6-12(16-3)13(10)14;/h4-6,9,11H,7-8,15H2,1-3H3;1H/t11-;/m1./s1. The van der Waals surface area contributed by atoms with E-state index in [-0.39, 0.29) is 30.0 Å². The third kappa shape index (κ3) is 4.52. The maximum Gasteiger partial charge on any atom is 0.169 e. The fourth-order valence-electron chi connectivity index (χ4n) is 1.64. The summed E-state index contributed by atoms with van der Waals surface area (Å²) in [4.78, 5) is 0. The average Bonchev–Trinajstić information content (AvgIpc) is 2.26. The third-order valence-electron chi connectivity index (χ3n) is 2.67. The highest BCUT2D eigenvalue weighted by Crippen LogP contribution is 2.26. The van der Waals surface area contributed by atoms with Gasteiger partial charge in [0.1, 0.15) is 0 Å². The Kier molecular flexibility index (Phi) is 7.16. The molecule has 2 N–H and O–H groups in total. The summed E-state index contributed by atoms with van der Waals surface area (Å²) in [7, 11) is 1.46. The second kappa shape index (κ2) is 7.51. The molecule has 0 amide bonds. The van der Waals surface area contributed by atoms with Gasteiger partial charge in [-0.25, -0.2) is 4.39 Å². The van der Waals surface area contributed by atoms with Crippen LogP contribution in [0.2, 0.25) is 0 Å². The van der Waals surface area contributed by atoms with Crippen LogP contribution in [0.3, 0.4) is 0 Å². The van der Waals surface area contributed by atoms with Crippen LogP contribution in [0.25, 0.3) is 0 Å². The van der Waals surface area contributed by atoms with Crippen LogP contribution >= 0.6 is 12.4 Å². The summed E-state index contributed by atoms with van der Waals surface area (Å²) in [5, 5.41) is 0. The van der Waals surface area contributed by atoms with E-state index in [9.17, 15) is 4.39 Å². The minimum Gasteiger partial charge on any atom is -0.494 e. The van der Waals surface area contributed by atoms with Gasteiger partial charge in [-0.3, -0.25) is 0 Å². The first kappa shape index (κ1) is 16.2. The molecule has 0 saturated heterocycles. The van der Waals surface area contributed by atoms with Gasteiger partial charge in [0, 0.05) is 11.6 Å². The highest BCUT2D eigenvalue weighted by atomic mass is 35.5. The van der Waals surface area contributed by atoms with Crippen molar-refractivity contribution in [2.75, 3.05) is 7.11 Å². The molecule has 0 bridgehead atoms. The first-order valence-electron chi connectivity index (χ1n) is 5.64. The molecule has 0 aliphatic carbocycles. The summed E-state index contributed by atoms with van der Waals surface area (Å²) in [6.07, 6.45) is 1.79. The first-order valence-corrected chi connectivity index (χ1v) is 5.64. The molecule has 0 aliphatic heterocycles. The van der Waals surface area contributed by atoms with E-state index >= 15 is 0 Å². The molecule has 1 atom stereocenters. The Labute approximate surface area is 109 Å². The van der Waals surface area contributed by atoms with Gasteiger partial charge in [0.05, 0.1) is 7.11 Å². The molecule has 0 unspecified atom stereocenters. The average molecular weight is 262 g/mol. The van der Waals surface area contributed by atoms with Gasteiger partial charge in [0.25, 0.3) is 0 Å². The highest BCUT2D eigenvalue weighted by molar-refractivity contribution is 5.85. The lowest BCUT2D eigenvalue weighted by Crippen LogP contribution is -2.13. The van der Waals surface area contributed by atoms with Gasteiger partial charge in [-0.05, 0) is 24.8 Å². The Balaban J connectivity index is 0.00000256. The Bertz CT molecular complexity index is 344. The zero-order valence-electron chi connectivity index (χ0n) is 10.6. The second-order valence-electron chi connectivity index (χ2n) is 4.44. The van der Waals surface area contributed by atoms with Crippen molar-refractivity contribution in [2.24, 2.45) is 11.7 Å². The minimum atomic E-state index is -0.332. The minimum absolute atomic E-state index is 0. The summed E-state index contributed by atoms with van der Waals surface area (Å²) < 4.78 is 18.8. The molecule has 0 aromatic heterocycles. The van der Waals surface area contributed by atoms with E-state index in [1.165, 1.54) is 7.11 Å². The SMILES string of the molecule is COc1cccc([C@H](N)CCC(C)C)c1F.Cl. The van der Waals surface area contributed by atoms with Crippen LogP contribution in [0.15, 0.2) is 18.2 Å². The lowest BCUT2D eigenvalue weighted by atomic mass is 9.98. The van der Waals surface area contributed by atoms with Crippen LogP contribution in [0.5, 0.6) is 5.75 Å². The topological polar surface area (TPSA) is 35.2 Å². The quantitative estimate of drug-likeness (QED) is 0.877. The fourth-order valence-corrected chi connectivity index (χ4v) is 1.64. The summed E-state index contributed by atoms with van der Waals surface area (Å²) in [6, 6.07) is 4.85. The second-order valence-corrected chi connectivity index (χ2v) is 4.44. The van der Waals surface area contributed by atoms with Gasteiger partial charge in [-0.2, -0.15) is 0 Å². The molecule has 0 spiro atoms. The van der Waals surface area contributed by atoms with Crippen molar-refractivity contribution >= 4 is 12.4 Å². The van der Waals surface area contributed by atoms with Gasteiger partial charge >= 0.3 is 0 Å². The van der Waals surface area contributed by atoms with Crippen molar-refractivity contribution in [1.29, 1.82) is 0 Å². The number of rotatable bonds is 5. The highest BCUT2D eigenvalue weighted by Gasteiger charge is 2.15. The number of nitrogens with two attached hydrogens (primary N) is 1. The maximum atomic E-state index is 13.8. The Hall–Kier alpha value is -0.800. The van der Waals surface area contributed by atoms with Crippen LogP contribution in [0.1, 0.15) is 38.3 Å².